The highest BCUT2D eigenvalue weighted by atomic mass is 32.1. The molecular formula is C16H20N4O2S. The molecule has 7 heteroatoms. The van der Waals surface area contributed by atoms with Crippen molar-refractivity contribution in [2.75, 3.05) is 18.4 Å². The standard InChI is InChI=1S/C16H20N4O2S/c1-10-4-3-5-11(2)15(10)20-13(21)8-18-16(22)12-9-23-14(19-12)6-7-17/h3-5,9H,6-8,17H2,1-2H3,(H,18,22)(H,20,21). The molecule has 2 amide bonds. The number of hydrogen-bond acceptors (Lipinski definition) is 5. The number of carbonyl (C=O) groups excluding carboxylic acids is 2. The third-order valence-electron chi connectivity index (χ3n) is 3.30. The number of amides is 2. The summed E-state index contributed by atoms with van der Waals surface area (Å²) in [6.45, 7) is 4.24. The summed E-state index contributed by atoms with van der Waals surface area (Å²) in [7, 11) is 0. The van der Waals surface area contributed by atoms with Crippen LogP contribution < -0.4 is 16.4 Å². The molecular weight excluding hydrogens is 312 g/mol. The summed E-state index contributed by atoms with van der Waals surface area (Å²) in [6, 6.07) is 5.79. The van der Waals surface area contributed by atoms with Crippen LogP contribution in [0.25, 0.3) is 0 Å². The number of anilines is 1. The Balaban J connectivity index is 1.89. The average molecular weight is 332 g/mol. The lowest BCUT2D eigenvalue weighted by molar-refractivity contribution is -0.115. The first-order chi connectivity index (χ1) is 11.0. The van der Waals surface area contributed by atoms with E-state index in [4.69, 9.17) is 5.73 Å². The van der Waals surface area contributed by atoms with E-state index in [2.05, 4.69) is 15.6 Å². The zero-order chi connectivity index (χ0) is 16.8. The van der Waals surface area contributed by atoms with Gasteiger partial charge in [-0.2, -0.15) is 0 Å². The molecule has 1 aromatic carbocycles. The molecule has 0 saturated carbocycles. The van der Waals surface area contributed by atoms with Crippen LogP contribution in [0.5, 0.6) is 0 Å². The Hall–Kier alpha value is -2.25. The molecule has 0 unspecified atom stereocenters. The maximum absolute atomic E-state index is 12.0. The Bertz CT molecular complexity index is 692. The van der Waals surface area contributed by atoms with Gasteiger partial charge in [0, 0.05) is 17.5 Å². The molecule has 1 aromatic heterocycles. The summed E-state index contributed by atoms with van der Waals surface area (Å²) in [5.41, 5.74) is 8.52. The van der Waals surface area contributed by atoms with E-state index >= 15 is 0 Å². The smallest absolute Gasteiger partial charge is 0.271 e. The maximum atomic E-state index is 12.0. The Morgan fingerprint density at radius 1 is 1.26 bits per heavy atom. The molecule has 0 aliphatic carbocycles. The first-order valence-corrected chi connectivity index (χ1v) is 8.18. The summed E-state index contributed by atoms with van der Waals surface area (Å²) in [6.07, 6.45) is 0.644. The third-order valence-corrected chi connectivity index (χ3v) is 4.21. The Kier molecular flexibility index (Phi) is 5.84. The fourth-order valence-corrected chi connectivity index (χ4v) is 2.89. The van der Waals surface area contributed by atoms with E-state index in [1.54, 1.807) is 5.38 Å². The molecule has 0 spiro atoms. The lowest BCUT2D eigenvalue weighted by Crippen LogP contribution is -2.33. The van der Waals surface area contributed by atoms with Crippen LogP contribution in [0.4, 0.5) is 5.69 Å². The van der Waals surface area contributed by atoms with Gasteiger partial charge in [-0.25, -0.2) is 4.98 Å². The number of nitrogens with zero attached hydrogens (tertiary/aromatic N) is 1. The lowest BCUT2D eigenvalue weighted by atomic mass is 10.1. The minimum atomic E-state index is -0.360. The van der Waals surface area contributed by atoms with Gasteiger partial charge in [0.05, 0.1) is 11.6 Å². The molecule has 0 saturated heterocycles. The van der Waals surface area contributed by atoms with Gasteiger partial charge in [0.2, 0.25) is 5.91 Å². The van der Waals surface area contributed by atoms with E-state index < -0.39 is 0 Å². The number of thiazole rings is 1. The highest BCUT2D eigenvalue weighted by Crippen LogP contribution is 2.19. The molecule has 0 bridgehead atoms. The summed E-state index contributed by atoms with van der Waals surface area (Å²) in [4.78, 5) is 28.2. The Morgan fingerprint density at radius 2 is 1.96 bits per heavy atom. The maximum Gasteiger partial charge on any atom is 0.271 e. The number of carbonyl (C=O) groups is 2. The van der Waals surface area contributed by atoms with Crippen LogP contribution in [-0.2, 0) is 11.2 Å². The van der Waals surface area contributed by atoms with Gasteiger partial charge < -0.3 is 16.4 Å². The molecule has 0 fully saturated rings. The molecule has 0 aliphatic heterocycles. The van der Waals surface area contributed by atoms with E-state index in [1.165, 1.54) is 11.3 Å². The first kappa shape index (κ1) is 17.1. The Morgan fingerprint density at radius 3 is 2.61 bits per heavy atom. The topological polar surface area (TPSA) is 97.1 Å². The largest absolute Gasteiger partial charge is 0.342 e. The van der Waals surface area contributed by atoms with Crippen molar-refractivity contribution in [3.05, 3.63) is 45.4 Å². The zero-order valence-electron chi connectivity index (χ0n) is 13.2. The molecule has 6 nitrogen and oxygen atoms in total. The van der Waals surface area contributed by atoms with Gasteiger partial charge >= 0.3 is 0 Å². The molecule has 0 aliphatic rings. The van der Waals surface area contributed by atoms with Gasteiger partial charge in [-0.05, 0) is 31.5 Å². The Labute approximate surface area is 139 Å². The number of aryl methyl sites for hydroxylation is 2. The van der Waals surface area contributed by atoms with Crippen molar-refractivity contribution in [3.8, 4) is 0 Å². The van der Waals surface area contributed by atoms with Crippen LogP contribution in [0.2, 0.25) is 0 Å². The fraction of sp³-hybridized carbons (Fsp3) is 0.312. The van der Waals surface area contributed by atoms with Crippen molar-refractivity contribution in [1.29, 1.82) is 0 Å². The van der Waals surface area contributed by atoms with Crippen molar-refractivity contribution < 1.29 is 9.59 Å². The number of nitrogens with two attached hydrogens (primary N) is 1. The fourth-order valence-electron chi connectivity index (χ4n) is 2.10. The van der Waals surface area contributed by atoms with Crippen LogP contribution in [0, 0.1) is 13.8 Å². The third kappa shape index (κ3) is 4.61. The van der Waals surface area contributed by atoms with E-state index in [1.807, 2.05) is 32.0 Å². The quantitative estimate of drug-likeness (QED) is 0.749. The molecule has 0 atom stereocenters. The molecule has 23 heavy (non-hydrogen) atoms. The summed E-state index contributed by atoms with van der Waals surface area (Å²) in [5, 5.41) is 7.89. The molecule has 0 radical (unpaired) electrons. The number of hydrogen-bond donors (Lipinski definition) is 3. The van der Waals surface area contributed by atoms with Crippen LogP contribution in [0.3, 0.4) is 0 Å². The summed E-state index contributed by atoms with van der Waals surface area (Å²) >= 11 is 1.39. The number of benzene rings is 1. The molecule has 2 rings (SSSR count). The summed E-state index contributed by atoms with van der Waals surface area (Å²) in [5.74, 6) is -0.630. The van der Waals surface area contributed by atoms with E-state index in [0.29, 0.717) is 18.7 Å². The van der Waals surface area contributed by atoms with Gasteiger partial charge in [-0.15, -0.1) is 11.3 Å². The number of rotatable bonds is 6. The second-order valence-corrected chi connectivity index (χ2v) is 6.11. The zero-order valence-corrected chi connectivity index (χ0v) is 14.0. The second-order valence-electron chi connectivity index (χ2n) is 5.16. The predicted octanol–water partition coefficient (Wildman–Crippen LogP) is 1.63. The highest BCUT2D eigenvalue weighted by molar-refractivity contribution is 7.09. The second kappa shape index (κ2) is 7.85. The van der Waals surface area contributed by atoms with Gasteiger partial charge in [-0.3, -0.25) is 9.59 Å². The molecule has 1 heterocycles. The van der Waals surface area contributed by atoms with Crippen molar-refractivity contribution in [1.82, 2.24) is 10.3 Å². The molecule has 2 aromatic rings. The monoisotopic (exact) mass is 332 g/mol. The predicted molar refractivity (Wildman–Crippen MR) is 91.8 cm³/mol. The summed E-state index contributed by atoms with van der Waals surface area (Å²) < 4.78 is 0. The minimum absolute atomic E-state index is 0.101. The highest BCUT2D eigenvalue weighted by Gasteiger charge is 2.13. The van der Waals surface area contributed by atoms with Gasteiger partial charge in [0.15, 0.2) is 0 Å². The van der Waals surface area contributed by atoms with Crippen LogP contribution in [0.1, 0.15) is 26.6 Å². The normalized spacial score (nSPS) is 10.4. The van der Waals surface area contributed by atoms with Crippen LogP contribution >= 0.6 is 11.3 Å². The van der Waals surface area contributed by atoms with Crippen molar-refractivity contribution in [3.63, 3.8) is 0 Å². The van der Waals surface area contributed by atoms with E-state index in [-0.39, 0.29) is 18.4 Å². The minimum Gasteiger partial charge on any atom is -0.342 e. The first-order valence-electron chi connectivity index (χ1n) is 7.30. The van der Waals surface area contributed by atoms with Gasteiger partial charge in [-0.1, -0.05) is 18.2 Å². The molecule has 122 valence electrons. The van der Waals surface area contributed by atoms with Crippen molar-refractivity contribution in [2.45, 2.75) is 20.3 Å². The van der Waals surface area contributed by atoms with Crippen LogP contribution in [-0.4, -0.2) is 29.9 Å². The van der Waals surface area contributed by atoms with E-state index in [9.17, 15) is 9.59 Å². The van der Waals surface area contributed by atoms with Gasteiger partial charge in [0.25, 0.3) is 5.91 Å². The van der Waals surface area contributed by atoms with E-state index in [0.717, 1.165) is 21.8 Å². The number of nitrogens with one attached hydrogen (secondary N) is 2. The molecule has 4 N–H and O–H groups in total. The number of aromatic nitrogens is 1. The van der Waals surface area contributed by atoms with Crippen LogP contribution in [0.15, 0.2) is 23.6 Å². The number of para-hydroxylation sites is 1. The SMILES string of the molecule is Cc1cccc(C)c1NC(=O)CNC(=O)c1csc(CCN)n1. The van der Waals surface area contributed by atoms with Crippen molar-refractivity contribution >= 4 is 28.8 Å². The average Bonchev–Trinajstić information content (AvgIpc) is 2.98. The lowest BCUT2D eigenvalue weighted by Gasteiger charge is -2.11. The van der Waals surface area contributed by atoms with Crippen molar-refractivity contribution in [2.24, 2.45) is 5.73 Å². The van der Waals surface area contributed by atoms with Gasteiger partial charge in [0.1, 0.15) is 5.69 Å².